The van der Waals surface area contributed by atoms with Gasteiger partial charge in [0.25, 0.3) is 0 Å². The first kappa shape index (κ1) is 22.4. The van der Waals surface area contributed by atoms with E-state index < -0.39 is 12.0 Å². The molecule has 1 heterocycles. The minimum atomic E-state index is -0.609. The third-order valence-electron chi connectivity index (χ3n) is 6.32. The molecule has 0 saturated carbocycles. The van der Waals surface area contributed by atoms with E-state index in [4.69, 9.17) is 4.74 Å². The molecule has 5 heteroatoms. The Balaban J connectivity index is 1.52. The van der Waals surface area contributed by atoms with Crippen molar-refractivity contribution in [2.45, 2.75) is 26.1 Å². The van der Waals surface area contributed by atoms with E-state index in [1.165, 1.54) is 0 Å². The van der Waals surface area contributed by atoms with E-state index >= 15 is 0 Å². The van der Waals surface area contributed by atoms with Crippen LogP contribution in [0.25, 0.3) is 10.8 Å². The van der Waals surface area contributed by atoms with Crippen LogP contribution in [0.4, 0.5) is 4.79 Å². The van der Waals surface area contributed by atoms with Gasteiger partial charge in [0.15, 0.2) is 0 Å². The number of rotatable bonds is 6. The second-order valence-corrected chi connectivity index (χ2v) is 8.62. The Hall–Kier alpha value is -4.38. The standard InChI is InChI=1S/C30H26N2O3/c1-21-27(29(33)35-20-23-12-6-3-7-13-23)28(26-17-16-24-14-8-9-15-25(24)18-26)31-30(34)32(21)19-22-10-4-2-5-11-22/h2-18,28H,19-20H2,1H3,(H,31,34). The Morgan fingerprint density at radius 2 is 1.46 bits per heavy atom. The van der Waals surface area contributed by atoms with E-state index in [0.717, 1.165) is 27.5 Å². The Labute approximate surface area is 204 Å². The molecule has 5 nitrogen and oxygen atoms in total. The van der Waals surface area contributed by atoms with Gasteiger partial charge in [-0.1, -0.05) is 97.1 Å². The van der Waals surface area contributed by atoms with Gasteiger partial charge >= 0.3 is 12.0 Å². The number of allylic oxidation sites excluding steroid dienone is 1. The molecule has 0 aliphatic carbocycles. The van der Waals surface area contributed by atoms with Crippen molar-refractivity contribution in [3.63, 3.8) is 0 Å². The Morgan fingerprint density at radius 1 is 0.829 bits per heavy atom. The largest absolute Gasteiger partial charge is 0.457 e. The molecule has 1 aliphatic heterocycles. The molecular weight excluding hydrogens is 436 g/mol. The van der Waals surface area contributed by atoms with Gasteiger partial charge in [-0.05, 0) is 40.5 Å². The summed E-state index contributed by atoms with van der Waals surface area (Å²) in [7, 11) is 0. The summed E-state index contributed by atoms with van der Waals surface area (Å²) in [6, 6.07) is 32.5. The van der Waals surface area contributed by atoms with Crippen LogP contribution in [-0.2, 0) is 22.7 Å². The lowest BCUT2D eigenvalue weighted by Gasteiger charge is -2.35. The Kier molecular flexibility index (Phi) is 6.31. The van der Waals surface area contributed by atoms with Crippen molar-refractivity contribution in [2.75, 3.05) is 0 Å². The lowest BCUT2D eigenvalue weighted by atomic mass is 9.93. The molecule has 35 heavy (non-hydrogen) atoms. The highest BCUT2D eigenvalue weighted by atomic mass is 16.5. The maximum absolute atomic E-state index is 13.5. The maximum atomic E-state index is 13.5. The third-order valence-corrected chi connectivity index (χ3v) is 6.32. The van der Waals surface area contributed by atoms with Crippen LogP contribution in [0, 0.1) is 0 Å². The number of benzene rings is 4. The number of nitrogens with one attached hydrogen (secondary N) is 1. The molecule has 4 aromatic carbocycles. The van der Waals surface area contributed by atoms with Crippen LogP contribution in [0.15, 0.2) is 114 Å². The minimum Gasteiger partial charge on any atom is -0.457 e. The fourth-order valence-electron chi connectivity index (χ4n) is 4.44. The summed E-state index contributed by atoms with van der Waals surface area (Å²) >= 11 is 0. The van der Waals surface area contributed by atoms with Crippen LogP contribution in [0.1, 0.15) is 29.7 Å². The van der Waals surface area contributed by atoms with E-state index in [2.05, 4.69) is 5.32 Å². The first-order chi connectivity index (χ1) is 17.1. The van der Waals surface area contributed by atoms with Gasteiger partial charge in [-0.15, -0.1) is 0 Å². The summed E-state index contributed by atoms with van der Waals surface area (Å²) in [6.07, 6.45) is 0. The fraction of sp³-hybridized carbons (Fsp3) is 0.133. The van der Waals surface area contributed by atoms with Crippen LogP contribution in [0.3, 0.4) is 0 Å². The van der Waals surface area contributed by atoms with E-state index in [1.807, 2.05) is 110 Å². The number of fused-ring (bicyclic) bond motifs is 1. The smallest absolute Gasteiger partial charge is 0.338 e. The number of hydrogen-bond acceptors (Lipinski definition) is 3. The molecular formula is C30H26N2O3. The third kappa shape index (κ3) is 4.80. The highest BCUT2D eigenvalue weighted by Gasteiger charge is 2.36. The Bertz CT molecular complexity index is 1400. The zero-order valence-electron chi connectivity index (χ0n) is 19.5. The average molecular weight is 463 g/mol. The lowest BCUT2D eigenvalue weighted by molar-refractivity contribution is -0.141. The zero-order chi connectivity index (χ0) is 24.2. The van der Waals surface area contributed by atoms with Crippen LogP contribution in [0.2, 0.25) is 0 Å². The van der Waals surface area contributed by atoms with Crippen molar-refractivity contribution in [3.05, 3.63) is 131 Å². The predicted octanol–water partition coefficient (Wildman–Crippen LogP) is 6.12. The molecule has 1 aliphatic rings. The van der Waals surface area contributed by atoms with Crippen molar-refractivity contribution in [1.82, 2.24) is 10.2 Å². The van der Waals surface area contributed by atoms with Gasteiger partial charge in [0, 0.05) is 5.70 Å². The van der Waals surface area contributed by atoms with Crippen molar-refractivity contribution in [1.29, 1.82) is 0 Å². The minimum absolute atomic E-state index is 0.160. The molecule has 1 atom stereocenters. The van der Waals surface area contributed by atoms with Gasteiger partial charge in [-0.25, -0.2) is 9.59 Å². The van der Waals surface area contributed by atoms with Gasteiger partial charge in [-0.2, -0.15) is 0 Å². The number of urea groups is 1. The maximum Gasteiger partial charge on any atom is 0.338 e. The lowest BCUT2D eigenvalue weighted by Crippen LogP contribution is -2.47. The number of carbonyl (C=O) groups excluding carboxylic acids is 2. The van der Waals surface area contributed by atoms with Gasteiger partial charge in [-0.3, -0.25) is 4.90 Å². The Morgan fingerprint density at radius 3 is 2.17 bits per heavy atom. The second kappa shape index (κ2) is 9.85. The summed E-state index contributed by atoms with van der Waals surface area (Å²) < 4.78 is 5.74. The van der Waals surface area contributed by atoms with Crippen molar-refractivity contribution < 1.29 is 14.3 Å². The molecule has 1 unspecified atom stereocenters. The number of esters is 1. The van der Waals surface area contributed by atoms with Crippen LogP contribution < -0.4 is 5.32 Å². The molecule has 174 valence electrons. The highest BCUT2D eigenvalue weighted by Crippen LogP contribution is 2.33. The van der Waals surface area contributed by atoms with E-state index in [-0.39, 0.29) is 12.6 Å². The van der Waals surface area contributed by atoms with E-state index in [0.29, 0.717) is 17.8 Å². The quantitative estimate of drug-likeness (QED) is 0.351. The topological polar surface area (TPSA) is 58.6 Å². The molecule has 0 aromatic heterocycles. The first-order valence-electron chi connectivity index (χ1n) is 11.6. The summed E-state index contributed by atoms with van der Waals surface area (Å²) in [5.74, 6) is -0.442. The zero-order valence-corrected chi connectivity index (χ0v) is 19.5. The fourth-order valence-corrected chi connectivity index (χ4v) is 4.44. The molecule has 0 fully saturated rings. The predicted molar refractivity (Wildman–Crippen MR) is 136 cm³/mol. The second-order valence-electron chi connectivity index (χ2n) is 8.62. The molecule has 0 saturated heterocycles. The van der Waals surface area contributed by atoms with Gasteiger partial charge in [0.1, 0.15) is 6.61 Å². The monoisotopic (exact) mass is 462 g/mol. The first-order valence-corrected chi connectivity index (χ1v) is 11.6. The van der Waals surface area contributed by atoms with Gasteiger partial charge < -0.3 is 10.1 Å². The van der Waals surface area contributed by atoms with Gasteiger partial charge in [0.2, 0.25) is 0 Å². The number of carbonyl (C=O) groups is 2. The number of ether oxygens (including phenoxy) is 1. The van der Waals surface area contributed by atoms with Crippen LogP contribution >= 0.6 is 0 Å². The molecule has 2 amide bonds. The van der Waals surface area contributed by atoms with Crippen molar-refractivity contribution in [2.24, 2.45) is 0 Å². The molecule has 5 rings (SSSR count). The van der Waals surface area contributed by atoms with Crippen molar-refractivity contribution in [3.8, 4) is 0 Å². The van der Waals surface area contributed by atoms with Gasteiger partial charge in [0.05, 0.1) is 18.2 Å². The molecule has 1 N–H and O–H groups in total. The summed E-state index contributed by atoms with van der Waals surface area (Å²) in [6.45, 7) is 2.33. The number of nitrogens with zero attached hydrogens (tertiary/aromatic N) is 1. The summed E-state index contributed by atoms with van der Waals surface area (Å²) in [5.41, 5.74) is 3.74. The van der Waals surface area contributed by atoms with E-state index in [1.54, 1.807) is 4.90 Å². The SMILES string of the molecule is CC1=C(C(=O)OCc2ccccc2)C(c2ccc3ccccc3c2)NC(=O)N1Cc1ccccc1. The highest BCUT2D eigenvalue weighted by molar-refractivity contribution is 5.95. The van der Waals surface area contributed by atoms with Crippen LogP contribution in [-0.4, -0.2) is 16.9 Å². The van der Waals surface area contributed by atoms with E-state index in [9.17, 15) is 9.59 Å². The molecule has 4 aromatic rings. The molecule has 0 spiro atoms. The number of amides is 2. The average Bonchev–Trinajstić information content (AvgIpc) is 2.90. The van der Waals surface area contributed by atoms with Crippen LogP contribution in [0.5, 0.6) is 0 Å². The summed E-state index contributed by atoms with van der Waals surface area (Å²) in [4.78, 5) is 28.3. The summed E-state index contributed by atoms with van der Waals surface area (Å²) in [5, 5.41) is 5.19. The molecule has 0 bridgehead atoms. The normalized spacial score (nSPS) is 15.7. The number of hydrogen-bond donors (Lipinski definition) is 1. The van der Waals surface area contributed by atoms with Crippen molar-refractivity contribution >= 4 is 22.8 Å². The molecule has 0 radical (unpaired) electrons.